The van der Waals surface area contributed by atoms with Crippen molar-refractivity contribution in [1.29, 1.82) is 0 Å². The van der Waals surface area contributed by atoms with Gasteiger partial charge >= 0.3 is 0 Å². The number of hydrogen-bond acceptors (Lipinski definition) is 3. The number of nitrogens with zero attached hydrogens (tertiary/aromatic N) is 1. The Hall–Kier alpha value is -0.640. The summed E-state index contributed by atoms with van der Waals surface area (Å²) in [7, 11) is 0. The van der Waals surface area contributed by atoms with E-state index < -0.39 is 0 Å². The van der Waals surface area contributed by atoms with E-state index in [2.05, 4.69) is 36.7 Å². The van der Waals surface area contributed by atoms with Gasteiger partial charge in [0.2, 0.25) is 0 Å². The summed E-state index contributed by atoms with van der Waals surface area (Å²) in [6.07, 6.45) is 5.93. The van der Waals surface area contributed by atoms with Gasteiger partial charge in [-0.25, -0.2) is 0 Å². The molecule has 0 aliphatic heterocycles. The van der Waals surface area contributed by atoms with Crippen molar-refractivity contribution in [2.75, 3.05) is 13.1 Å². The van der Waals surface area contributed by atoms with E-state index in [0.717, 1.165) is 32.2 Å². The molecule has 1 aliphatic carbocycles. The van der Waals surface area contributed by atoms with Gasteiger partial charge in [0.25, 0.3) is 0 Å². The van der Waals surface area contributed by atoms with Crippen molar-refractivity contribution < 1.29 is 0 Å². The monoisotopic (exact) mass is 278 g/mol. The molecule has 1 saturated carbocycles. The lowest BCUT2D eigenvalue weighted by Gasteiger charge is -2.19. The smallest absolute Gasteiger partial charge is 0.0302 e. The highest BCUT2D eigenvalue weighted by Gasteiger charge is 2.20. The number of nitrogens with one attached hydrogen (secondary N) is 1. The highest BCUT2D eigenvalue weighted by Crippen LogP contribution is 2.25. The quantitative estimate of drug-likeness (QED) is 0.693. The molecule has 2 rings (SSSR count). The predicted octanol–water partition coefficient (Wildman–Crippen LogP) is 3.71. The van der Waals surface area contributed by atoms with E-state index >= 15 is 0 Å². The Balaban J connectivity index is 1.91. The van der Waals surface area contributed by atoms with Gasteiger partial charge in [-0.3, -0.25) is 4.90 Å². The summed E-state index contributed by atoms with van der Waals surface area (Å²) >= 11 is 1.95. The fraction of sp³-hybridized carbons (Fsp3) is 0.625. The number of rotatable bonds is 9. The zero-order valence-corrected chi connectivity index (χ0v) is 13.1. The largest absolute Gasteiger partial charge is 0.309 e. The Morgan fingerprint density at radius 3 is 2.95 bits per heavy atom. The third kappa shape index (κ3) is 4.75. The minimum atomic E-state index is 0.795. The third-order valence-corrected chi connectivity index (χ3v) is 4.63. The topological polar surface area (TPSA) is 15.3 Å². The molecule has 1 N–H and O–H groups in total. The van der Waals surface area contributed by atoms with Crippen molar-refractivity contribution in [3.63, 3.8) is 0 Å². The molecule has 0 radical (unpaired) electrons. The van der Waals surface area contributed by atoms with Gasteiger partial charge in [-0.2, -0.15) is 0 Å². The zero-order valence-electron chi connectivity index (χ0n) is 12.2. The average molecular weight is 278 g/mol. The second-order valence-corrected chi connectivity index (χ2v) is 6.81. The maximum absolute atomic E-state index is 3.86. The first kappa shape index (κ1) is 14.8. The minimum absolute atomic E-state index is 0.795. The molecule has 3 heteroatoms. The Kier molecular flexibility index (Phi) is 5.61. The van der Waals surface area contributed by atoms with E-state index in [1.54, 1.807) is 0 Å². The second kappa shape index (κ2) is 7.22. The first-order chi connectivity index (χ1) is 9.22. The molecule has 19 heavy (non-hydrogen) atoms. The Morgan fingerprint density at radius 2 is 2.32 bits per heavy atom. The highest BCUT2D eigenvalue weighted by molar-refractivity contribution is 7.12. The van der Waals surface area contributed by atoms with Gasteiger partial charge in [-0.05, 0) is 44.4 Å². The van der Waals surface area contributed by atoms with E-state index in [0.29, 0.717) is 0 Å². The first-order valence-electron chi connectivity index (χ1n) is 7.37. The molecule has 1 aliphatic rings. The van der Waals surface area contributed by atoms with Crippen LogP contribution in [0.15, 0.2) is 18.7 Å². The van der Waals surface area contributed by atoms with Gasteiger partial charge in [0.15, 0.2) is 0 Å². The molecular formula is C16H26N2S. The normalized spacial score (nSPS) is 15.1. The van der Waals surface area contributed by atoms with Crippen molar-refractivity contribution in [2.45, 2.75) is 52.2 Å². The molecule has 1 heterocycles. The summed E-state index contributed by atoms with van der Waals surface area (Å²) in [4.78, 5) is 5.42. The van der Waals surface area contributed by atoms with E-state index in [1.165, 1.54) is 34.6 Å². The van der Waals surface area contributed by atoms with Crippen LogP contribution < -0.4 is 5.32 Å². The maximum Gasteiger partial charge on any atom is 0.0302 e. The molecule has 1 aromatic rings. The number of thiophene rings is 1. The molecule has 1 fully saturated rings. The van der Waals surface area contributed by atoms with Crippen LogP contribution in [0.1, 0.15) is 41.5 Å². The lowest BCUT2D eigenvalue weighted by atomic mass is 10.2. The third-order valence-electron chi connectivity index (χ3n) is 3.54. The molecule has 0 spiro atoms. The lowest BCUT2D eigenvalue weighted by molar-refractivity contribution is 0.295. The summed E-state index contributed by atoms with van der Waals surface area (Å²) in [6, 6.07) is 3.18. The molecule has 0 amide bonds. The molecule has 0 saturated heterocycles. The second-order valence-electron chi connectivity index (χ2n) is 5.47. The van der Waals surface area contributed by atoms with Crippen molar-refractivity contribution in [3.8, 4) is 0 Å². The summed E-state index contributed by atoms with van der Waals surface area (Å²) < 4.78 is 0. The van der Waals surface area contributed by atoms with Crippen LogP contribution in [-0.4, -0.2) is 24.0 Å². The van der Waals surface area contributed by atoms with E-state index in [9.17, 15) is 0 Å². The van der Waals surface area contributed by atoms with Crippen LogP contribution >= 0.6 is 11.3 Å². The molecular weight excluding hydrogens is 252 g/mol. The minimum Gasteiger partial charge on any atom is -0.309 e. The van der Waals surface area contributed by atoms with Crippen LogP contribution in [0.3, 0.4) is 0 Å². The molecule has 106 valence electrons. The van der Waals surface area contributed by atoms with Crippen molar-refractivity contribution >= 4 is 11.3 Å². The van der Waals surface area contributed by atoms with Gasteiger partial charge in [-0.1, -0.05) is 13.0 Å². The van der Waals surface area contributed by atoms with Gasteiger partial charge in [-0.15, -0.1) is 17.9 Å². The van der Waals surface area contributed by atoms with Crippen LogP contribution in [0.5, 0.6) is 0 Å². The summed E-state index contributed by atoms with van der Waals surface area (Å²) in [6.45, 7) is 12.6. The van der Waals surface area contributed by atoms with Crippen LogP contribution in [-0.2, 0) is 13.1 Å². The SMILES string of the molecule is C=CCN(CCC)Cc1cc(CNC2CC2)sc1C. The number of hydrogen-bond donors (Lipinski definition) is 1. The summed E-state index contributed by atoms with van der Waals surface area (Å²) in [5.41, 5.74) is 1.49. The Bertz CT molecular complexity index is 407. The van der Waals surface area contributed by atoms with E-state index in [1.807, 2.05) is 17.4 Å². The average Bonchev–Trinajstić information content (AvgIpc) is 3.14. The van der Waals surface area contributed by atoms with Crippen LogP contribution in [0.2, 0.25) is 0 Å². The Morgan fingerprint density at radius 1 is 1.53 bits per heavy atom. The lowest BCUT2D eigenvalue weighted by Crippen LogP contribution is -2.24. The van der Waals surface area contributed by atoms with Gasteiger partial charge in [0, 0.05) is 35.4 Å². The predicted molar refractivity (Wildman–Crippen MR) is 84.7 cm³/mol. The van der Waals surface area contributed by atoms with E-state index in [-0.39, 0.29) is 0 Å². The molecule has 0 atom stereocenters. The maximum atomic E-state index is 3.86. The van der Waals surface area contributed by atoms with E-state index in [4.69, 9.17) is 0 Å². The Labute approximate surface area is 121 Å². The molecule has 0 bridgehead atoms. The van der Waals surface area contributed by atoms with Gasteiger partial charge < -0.3 is 5.32 Å². The highest BCUT2D eigenvalue weighted by atomic mass is 32.1. The van der Waals surface area contributed by atoms with Crippen LogP contribution in [0.25, 0.3) is 0 Å². The van der Waals surface area contributed by atoms with Crippen molar-refractivity contribution in [1.82, 2.24) is 10.2 Å². The fourth-order valence-electron chi connectivity index (χ4n) is 2.34. The standard InChI is InChI=1S/C16H26N2S/c1-4-8-18(9-5-2)12-14-10-16(19-13(14)3)11-17-15-6-7-15/h4,10,15,17H,1,5-9,11-12H2,2-3H3. The van der Waals surface area contributed by atoms with Gasteiger partial charge in [0.05, 0.1) is 0 Å². The summed E-state index contributed by atoms with van der Waals surface area (Å²) in [5.74, 6) is 0. The van der Waals surface area contributed by atoms with Crippen LogP contribution in [0.4, 0.5) is 0 Å². The van der Waals surface area contributed by atoms with Gasteiger partial charge in [0.1, 0.15) is 0 Å². The molecule has 0 unspecified atom stereocenters. The van der Waals surface area contributed by atoms with Crippen molar-refractivity contribution in [2.24, 2.45) is 0 Å². The molecule has 0 aromatic carbocycles. The first-order valence-corrected chi connectivity index (χ1v) is 8.19. The van der Waals surface area contributed by atoms with Crippen LogP contribution in [0, 0.1) is 6.92 Å². The number of aryl methyl sites for hydroxylation is 1. The fourth-order valence-corrected chi connectivity index (χ4v) is 3.34. The zero-order chi connectivity index (χ0) is 13.7. The van der Waals surface area contributed by atoms with Crippen molar-refractivity contribution in [3.05, 3.63) is 34.0 Å². The molecule has 2 nitrogen and oxygen atoms in total. The molecule has 1 aromatic heterocycles. The summed E-state index contributed by atoms with van der Waals surface area (Å²) in [5, 5.41) is 3.60.